The molecule has 1 heterocycles. The highest BCUT2D eigenvalue weighted by atomic mass is 16.5. The topological polar surface area (TPSA) is 55.5 Å². The molecular formula is C17H33NO2. The fraction of sp³-hybridized carbons (Fsp3) is 1.00. The molecule has 0 spiro atoms. The predicted molar refractivity (Wildman–Crippen MR) is 82.5 cm³/mol. The van der Waals surface area contributed by atoms with Crippen molar-refractivity contribution in [3.05, 3.63) is 0 Å². The Morgan fingerprint density at radius 2 is 1.70 bits per heavy atom. The summed E-state index contributed by atoms with van der Waals surface area (Å²) in [6, 6.07) is 0. The molecule has 1 aliphatic heterocycles. The summed E-state index contributed by atoms with van der Waals surface area (Å²) < 4.78 is 5.42. The summed E-state index contributed by atoms with van der Waals surface area (Å²) >= 11 is 0. The largest absolute Gasteiger partial charge is 0.392 e. The molecule has 0 amide bonds. The summed E-state index contributed by atoms with van der Waals surface area (Å²) in [6.45, 7) is 9.23. The molecular weight excluding hydrogens is 250 g/mol. The van der Waals surface area contributed by atoms with Gasteiger partial charge in [0.15, 0.2) is 0 Å². The van der Waals surface area contributed by atoms with Gasteiger partial charge in [0.05, 0.1) is 6.10 Å². The van der Waals surface area contributed by atoms with Crippen LogP contribution in [0, 0.1) is 22.7 Å². The van der Waals surface area contributed by atoms with Gasteiger partial charge in [-0.2, -0.15) is 0 Å². The van der Waals surface area contributed by atoms with Crippen LogP contribution in [0.4, 0.5) is 0 Å². The van der Waals surface area contributed by atoms with E-state index in [1.165, 1.54) is 12.8 Å². The SMILES string of the molecule is CC(C)(C)C1CCC(CN)(C(O)C2CCOCC2)CC1. The van der Waals surface area contributed by atoms with E-state index >= 15 is 0 Å². The summed E-state index contributed by atoms with van der Waals surface area (Å²) in [5.74, 6) is 1.16. The van der Waals surface area contributed by atoms with Crippen LogP contribution in [0.25, 0.3) is 0 Å². The minimum atomic E-state index is -0.239. The molecule has 0 aromatic carbocycles. The number of ether oxygens (including phenoxy) is 1. The molecule has 118 valence electrons. The molecule has 0 bridgehead atoms. The zero-order chi connectivity index (χ0) is 14.8. The second kappa shape index (κ2) is 6.33. The first-order valence-electron chi connectivity index (χ1n) is 8.35. The lowest BCUT2D eigenvalue weighted by molar-refractivity contribution is -0.0801. The summed E-state index contributed by atoms with van der Waals surface area (Å²) in [7, 11) is 0. The summed E-state index contributed by atoms with van der Waals surface area (Å²) in [5.41, 5.74) is 6.45. The molecule has 1 unspecified atom stereocenters. The van der Waals surface area contributed by atoms with Crippen LogP contribution in [0.2, 0.25) is 0 Å². The van der Waals surface area contributed by atoms with E-state index in [1.807, 2.05) is 0 Å². The summed E-state index contributed by atoms with van der Waals surface area (Å²) in [4.78, 5) is 0. The Labute approximate surface area is 124 Å². The smallest absolute Gasteiger partial charge is 0.0638 e. The van der Waals surface area contributed by atoms with E-state index in [2.05, 4.69) is 20.8 Å². The Hall–Kier alpha value is -0.120. The van der Waals surface area contributed by atoms with E-state index < -0.39 is 0 Å². The van der Waals surface area contributed by atoms with E-state index in [-0.39, 0.29) is 11.5 Å². The molecule has 1 atom stereocenters. The van der Waals surface area contributed by atoms with Gasteiger partial charge in [-0.15, -0.1) is 0 Å². The monoisotopic (exact) mass is 283 g/mol. The van der Waals surface area contributed by atoms with Gasteiger partial charge in [-0.3, -0.25) is 0 Å². The van der Waals surface area contributed by atoms with Gasteiger partial charge in [0.1, 0.15) is 0 Å². The summed E-state index contributed by atoms with van der Waals surface area (Å²) in [6.07, 6.45) is 6.34. The zero-order valence-corrected chi connectivity index (χ0v) is 13.5. The maximum atomic E-state index is 10.9. The van der Waals surface area contributed by atoms with Crippen molar-refractivity contribution in [2.45, 2.75) is 65.4 Å². The number of hydrogen-bond acceptors (Lipinski definition) is 3. The van der Waals surface area contributed by atoms with Gasteiger partial charge in [-0.05, 0) is 55.8 Å². The second-order valence-corrected chi connectivity index (χ2v) is 8.10. The van der Waals surface area contributed by atoms with Crippen molar-refractivity contribution in [3.8, 4) is 0 Å². The van der Waals surface area contributed by atoms with Crippen LogP contribution >= 0.6 is 0 Å². The Morgan fingerprint density at radius 3 is 2.15 bits per heavy atom. The molecule has 0 radical (unpaired) electrons. The van der Waals surface area contributed by atoms with Crippen LogP contribution in [0.1, 0.15) is 59.3 Å². The van der Waals surface area contributed by atoms with Gasteiger partial charge in [-0.25, -0.2) is 0 Å². The van der Waals surface area contributed by atoms with Crippen LogP contribution in [0.5, 0.6) is 0 Å². The van der Waals surface area contributed by atoms with Crippen LogP contribution < -0.4 is 5.73 Å². The minimum absolute atomic E-state index is 0.0379. The molecule has 1 aliphatic carbocycles. The highest BCUT2D eigenvalue weighted by molar-refractivity contribution is 4.96. The lowest BCUT2D eigenvalue weighted by Gasteiger charge is -2.48. The average molecular weight is 283 g/mol. The third-order valence-electron chi connectivity index (χ3n) is 5.95. The van der Waals surface area contributed by atoms with Crippen molar-refractivity contribution >= 4 is 0 Å². The summed E-state index contributed by atoms with van der Waals surface area (Å²) in [5, 5.41) is 10.9. The Bertz CT molecular complexity index is 297. The van der Waals surface area contributed by atoms with Gasteiger partial charge in [-0.1, -0.05) is 20.8 Å². The number of aliphatic hydroxyl groups excluding tert-OH is 1. The third-order valence-corrected chi connectivity index (χ3v) is 5.95. The van der Waals surface area contributed by atoms with Crippen molar-refractivity contribution in [3.63, 3.8) is 0 Å². The van der Waals surface area contributed by atoms with Crippen molar-refractivity contribution in [2.24, 2.45) is 28.4 Å². The zero-order valence-electron chi connectivity index (χ0n) is 13.5. The first-order valence-corrected chi connectivity index (χ1v) is 8.35. The third kappa shape index (κ3) is 3.37. The highest BCUT2D eigenvalue weighted by Gasteiger charge is 2.45. The number of nitrogens with two attached hydrogens (primary N) is 1. The fourth-order valence-electron chi connectivity index (χ4n) is 4.21. The average Bonchev–Trinajstić information content (AvgIpc) is 2.46. The molecule has 3 nitrogen and oxygen atoms in total. The van der Waals surface area contributed by atoms with Gasteiger partial charge < -0.3 is 15.6 Å². The molecule has 1 saturated carbocycles. The van der Waals surface area contributed by atoms with E-state index in [0.29, 0.717) is 17.9 Å². The standard InChI is InChI=1S/C17H33NO2/c1-16(2,3)14-4-8-17(12-18,9-5-14)15(19)13-6-10-20-11-7-13/h13-15,19H,4-12,18H2,1-3H3. The molecule has 1 saturated heterocycles. The molecule has 3 heteroatoms. The number of aliphatic hydroxyl groups is 1. The van der Waals surface area contributed by atoms with Crippen LogP contribution in [-0.2, 0) is 4.74 Å². The Balaban J connectivity index is 2.00. The predicted octanol–water partition coefficient (Wildman–Crippen LogP) is 2.96. The highest BCUT2D eigenvalue weighted by Crippen LogP contribution is 2.48. The molecule has 20 heavy (non-hydrogen) atoms. The lowest BCUT2D eigenvalue weighted by atomic mass is 9.60. The Kier molecular flexibility index (Phi) is 5.14. The number of rotatable bonds is 3. The van der Waals surface area contributed by atoms with Crippen LogP contribution in [0.3, 0.4) is 0 Å². The van der Waals surface area contributed by atoms with Crippen molar-refractivity contribution < 1.29 is 9.84 Å². The number of hydrogen-bond donors (Lipinski definition) is 2. The second-order valence-electron chi connectivity index (χ2n) is 8.10. The van der Waals surface area contributed by atoms with Crippen LogP contribution in [-0.4, -0.2) is 31.0 Å². The maximum Gasteiger partial charge on any atom is 0.0638 e. The lowest BCUT2D eigenvalue weighted by Crippen LogP contribution is -2.49. The van der Waals surface area contributed by atoms with E-state index in [9.17, 15) is 5.11 Å². The normalized spacial score (nSPS) is 35.0. The Morgan fingerprint density at radius 1 is 1.15 bits per heavy atom. The molecule has 3 N–H and O–H groups in total. The van der Waals surface area contributed by atoms with Crippen molar-refractivity contribution in [1.29, 1.82) is 0 Å². The fourth-order valence-corrected chi connectivity index (χ4v) is 4.21. The molecule has 0 aromatic heterocycles. The quantitative estimate of drug-likeness (QED) is 0.837. The van der Waals surface area contributed by atoms with Gasteiger partial charge in [0, 0.05) is 25.2 Å². The molecule has 2 aliphatic rings. The van der Waals surface area contributed by atoms with E-state index in [1.54, 1.807) is 0 Å². The minimum Gasteiger partial charge on any atom is -0.392 e. The van der Waals surface area contributed by atoms with Gasteiger partial charge >= 0.3 is 0 Å². The van der Waals surface area contributed by atoms with E-state index in [0.717, 1.165) is 44.8 Å². The molecule has 0 aromatic rings. The van der Waals surface area contributed by atoms with Gasteiger partial charge in [0.2, 0.25) is 0 Å². The van der Waals surface area contributed by atoms with Crippen LogP contribution in [0.15, 0.2) is 0 Å². The maximum absolute atomic E-state index is 10.9. The van der Waals surface area contributed by atoms with Gasteiger partial charge in [0.25, 0.3) is 0 Å². The first-order chi connectivity index (χ1) is 9.39. The van der Waals surface area contributed by atoms with Crippen molar-refractivity contribution in [2.75, 3.05) is 19.8 Å². The first kappa shape index (κ1) is 16.3. The van der Waals surface area contributed by atoms with Crippen molar-refractivity contribution in [1.82, 2.24) is 0 Å². The van der Waals surface area contributed by atoms with E-state index in [4.69, 9.17) is 10.5 Å². The molecule has 2 fully saturated rings. The molecule has 2 rings (SSSR count).